The lowest BCUT2D eigenvalue weighted by Gasteiger charge is -2.26. The highest BCUT2D eigenvalue weighted by atomic mass is 35.5. The van der Waals surface area contributed by atoms with Gasteiger partial charge in [-0.1, -0.05) is 42.5 Å². The number of hydrogen-bond donors (Lipinski definition) is 2. The molecule has 1 aliphatic heterocycles. The van der Waals surface area contributed by atoms with Crippen molar-refractivity contribution in [2.75, 3.05) is 18.4 Å². The van der Waals surface area contributed by atoms with Gasteiger partial charge in [0.15, 0.2) is 6.10 Å². The Hall–Kier alpha value is -2.20. The maximum absolute atomic E-state index is 12.1. The molecule has 2 N–H and O–H groups in total. The lowest BCUT2D eigenvalue weighted by atomic mass is 10.1. The van der Waals surface area contributed by atoms with Gasteiger partial charge in [-0.05, 0) is 24.1 Å². The third-order valence-electron chi connectivity index (χ3n) is 3.48. The molecule has 2 aromatic carbocycles. The summed E-state index contributed by atoms with van der Waals surface area (Å²) >= 11 is 0. The normalized spacial score (nSPS) is 15.5. The zero-order valence-corrected chi connectivity index (χ0v) is 12.9. The first-order valence-corrected chi connectivity index (χ1v) is 7.14. The van der Waals surface area contributed by atoms with E-state index in [1.54, 1.807) is 0 Å². The minimum Gasteiger partial charge on any atom is -0.477 e. The van der Waals surface area contributed by atoms with Crippen LogP contribution >= 0.6 is 12.4 Å². The molecule has 0 saturated carbocycles. The van der Waals surface area contributed by atoms with E-state index in [2.05, 4.69) is 22.8 Å². The molecule has 5 heteroatoms. The number of carbonyl (C=O) groups is 1. The number of halogens is 1. The van der Waals surface area contributed by atoms with Crippen molar-refractivity contribution in [1.82, 2.24) is 5.32 Å². The molecule has 2 aromatic rings. The molecule has 0 fully saturated rings. The highest BCUT2D eigenvalue weighted by Crippen LogP contribution is 2.28. The van der Waals surface area contributed by atoms with E-state index in [0.717, 1.165) is 17.9 Å². The molecular formula is C17H19ClN2O2. The van der Waals surface area contributed by atoms with Gasteiger partial charge in [0.2, 0.25) is 0 Å². The predicted octanol–water partition coefficient (Wildman–Crippen LogP) is 2.64. The quantitative estimate of drug-likeness (QED) is 0.911. The van der Waals surface area contributed by atoms with Crippen molar-refractivity contribution in [3.63, 3.8) is 0 Å². The van der Waals surface area contributed by atoms with Crippen molar-refractivity contribution < 1.29 is 9.53 Å². The highest BCUT2D eigenvalue weighted by Gasteiger charge is 2.25. The number of fused-ring (bicyclic) bond motifs is 1. The summed E-state index contributed by atoms with van der Waals surface area (Å²) in [6, 6.07) is 17.8. The third-order valence-corrected chi connectivity index (χ3v) is 3.48. The second-order valence-electron chi connectivity index (χ2n) is 5.01. The number of carbonyl (C=O) groups excluding carboxylic acids is 1. The van der Waals surface area contributed by atoms with Gasteiger partial charge < -0.3 is 15.4 Å². The summed E-state index contributed by atoms with van der Waals surface area (Å²) in [5.41, 5.74) is 2.15. The monoisotopic (exact) mass is 318 g/mol. The van der Waals surface area contributed by atoms with Crippen LogP contribution in [0.5, 0.6) is 5.75 Å². The van der Waals surface area contributed by atoms with E-state index in [0.29, 0.717) is 13.1 Å². The van der Waals surface area contributed by atoms with Crippen LogP contribution in [0.4, 0.5) is 5.69 Å². The van der Waals surface area contributed by atoms with Gasteiger partial charge >= 0.3 is 0 Å². The van der Waals surface area contributed by atoms with Gasteiger partial charge in [-0.25, -0.2) is 0 Å². The van der Waals surface area contributed by atoms with Crippen molar-refractivity contribution in [3.05, 3.63) is 60.2 Å². The van der Waals surface area contributed by atoms with Gasteiger partial charge in [0.05, 0.1) is 12.2 Å². The Labute approximate surface area is 136 Å². The van der Waals surface area contributed by atoms with Gasteiger partial charge in [0, 0.05) is 6.54 Å². The number of ether oxygens (including phenoxy) is 1. The summed E-state index contributed by atoms with van der Waals surface area (Å²) in [6.07, 6.45) is 0.347. The molecule has 0 saturated heterocycles. The lowest BCUT2D eigenvalue weighted by molar-refractivity contribution is -0.127. The molecule has 1 unspecified atom stereocenters. The topological polar surface area (TPSA) is 50.4 Å². The van der Waals surface area contributed by atoms with Crippen molar-refractivity contribution in [2.45, 2.75) is 12.5 Å². The molecule has 1 amide bonds. The van der Waals surface area contributed by atoms with Crippen molar-refractivity contribution in [3.8, 4) is 5.75 Å². The zero-order chi connectivity index (χ0) is 14.5. The molecule has 0 radical (unpaired) electrons. The molecule has 4 nitrogen and oxygen atoms in total. The molecule has 116 valence electrons. The number of nitrogens with one attached hydrogen (secondary N) is 2. The molecule has 1 atom stereocenters. The second kappa shape index (κ2) is 7.71. The molecule has 0 aromatic heterocycles. The fourth-order valence-electron chi connectivity index (χ4n) is 2.35. The van der Waals surface area contributed by atoms with Gasteiger partial charge in [0.1, 0.15) is 5.75 Å². The molecule has 1 heterocycles. The number of rotatable bonds is 4. The maximum atomic E-state index is 12.1. The minimum atomic E-state index is -0.476. The summed E-state index contributed by atoms with van der Waals surface area (Å²) in [6.45, 7) is 1.11. The third kappa shape index (κ3) is 3.92. The average molecular weight is 319 g/mol. The molecule has 3 rings (SSSR count). The van der Waals surface area contributed by atoms with Crippen LogP contribution in [0.15, 0.2) is 54.6 Å². The van der Waals surface area contributed by atoms with Crippen molar-refractivity contribution in [2.24, 2.45) is 0 Å². The van der Waals surface area contributed by atoms with E-state index in [1.807, 2.05) is 42.5 Å². The average Bonchev–Trinajstić information content (AvgIpc) is 2.55. The smallest absolute Gasteiger partial charge is 0.262 e. The fourth-order valence-corrected chi connectivity index (χ4v) is 2.35. The van der Waals surface area contributed by atoms with Crippen LogP contribution in [0.1, 0.15) is 5.56 Å². The number of amides is 1. The minimum absolute atomic E-state index is 0. The summed E-state index contributed by atoms with van der Waals surface area (Å²) < 4.78 is 5.72. The first kappa shape index (κ1) is 16.2. The number of para-hydroxylation sites is 2. The molecule has 1 aliphatic rings. The largest absolute Gasteiger partial charge is 0.477 e. The zero-order valence-electron chi connectivity index (χ0n) is 12.1. The Kier molecular flexibility index (Phi) is 5.67. The Balaban J connectivity index is 0.00000176. The predicted molar refractivity (Wildman–Crippen MR) is 89.8 cm³/mol. The van der Waals surface area contributed by atoms with E-state index in [9.17, 15) is 4.79 Å². The molecule has 0 spiro atoms. The van der Waals surface area contributed by atoms with E-state index in [1.165, 1.54) is 5.56 Å². The molecular weight excluding hydrogens is 300 g/mol. The van der Waals surface area contributed by atoms with Crippen LogP contribution < -0.4 is 15.4 Å². The summed E-state index contributed by atoms with van der Waals surface area (Å²) in [5, 5.41) is 6.14. The Morgan fingerprint density at radius 1 is 1.14 bits per heavy atom. The van der Waals surface area contributed by atoms with Gasteiger partial charge in [0.25, 0.3) is 5.91 Å². The maximum Gasteiger partial charge on any atom is 0.262 e. The van der Waals surface area contributed by atoms with E-state index in [-0.39, 0.29) is 18.3 Å². The van der Waals surface area contributed by atoms with E-state index >= 15 is 0 Å². The standard InChI is InChI=1S/C17H18N2O2.ClH/c20-17(18-11-10-13-6-2-1-3-7-13)16-12-19-14-8-4-5-9-15(14)21-16;/h1-9,16,19H,10-12H2,(H,18,20);1H. The molecule has 0 bridgehead atoms. The van der Waals surface area contributed by atoms with Gasteiger partial charge in [-0.15, -0.1) is 12.4 Å². The van der Waals surface area contributed by atoms with E-state index < -0.39 is 6.10 Å². The van der Waals surface area contributed by atoms with Gasteiger partial charge in [-0.3, -0.25) is 4.79 Å². The molecule has 22 heavy (non-hydrogen) atoms. The van der Waals surface area contributed by atoms with Crippen LogP contribution in [0, 0.1) is 0 Å². The number of anilines is 1. The highest BCUT2D eigenvalue weighted by molar-refractivity contribution is 5.85. The van der Waals surface area contributed by atoms with Crippen LogP contribution in [0.25, 0.3) is 0 Å². The van der Waals surface area contributed by atoms with Crippen LogP contribution in [-0.4, -0.2) is 25.1 Å². The second-order valence-corrected chi connectivity index (χ2v) is 5.01. The van der Waals surface area contributed by atoms with Crippen molar-refractivity contribution in [1.29, 1.82) is 0 Å². The Morgan fingerprint density at radius 2 is 1.86 bits per heavy atom. The first-order chi connectivity index (χ1) is 10.3. The Bertz CT molecular complexity index is 619. The number of hydrogen-bond acceptors (Lipinski definition) is 3. The van der Waals surface area contributed by atoms with E-state index in [4.69, 9.17) is 4.74 Å². The SMILES string of the molecule is Cl.O=C(NCCc1ccccc1)C1CNc2ccccc2O1. The first-order valence-electron chi connectivity index (χ1n) is 7.14. The fraction of sp³-hybridized carbons (Fsp3) is 0.235. The summed E-state index contributed by atoms with van der Waals surface area (Å²) in [4.78, 5) is 12.1. The Morgan fingerprint density at radius 3 is 2.68 bits per heavy atom. The van der Waals surface area contributed by atoms with Crippen LogP contribution in [-0.2, 0) is 11.2 Å². The molecule has 0 aliphatic carbocycles. The summed E-state index contributed by atoms with van der Waals surface area (Å²) in [7, 11) is 0. The number of benzene rings is 2. The van der Waals surface area contributed by atoms with Crippen LogP contribution in [0.2, 0.25) is 0 Å². The van der Waals surface area contributed by atoms with Gasteiger partial charge in [-0.2, -0.15) is 0 Å². The summed E-state index contributed by atoms with van der Waals surface area (Å²) in [5.74, 6) is 0.653. The lowest BCUT2D eigenvalue weighted by Crippen LogP contribution is -2.45. The van der Waals surface area contributed by atoms with Crippen molar-refractivity contribution >= 4 is 24.0 Å². The van der Waals surface area contributed by atoms with Crippen LogP contribution in [0.3, 0.4) is 0 Å².